The lowest BCUT2D eigenvalue weighted by Crippen LogP contribution is -2.35. The molecule has 0 atom stereocenters. The molecule has 1 aromatic heterocycles. The lowest BCUT2D eigenvalue weighted by atomic mass is 10.1. The van der Waals surface area contributed by atoms with Gasteiger partial charge in [-0.3, -0.25) is 4.90 Å². The lowest BCUT2D eigenvalue weighted by Gasteiger charge is -2.27. The molecule has 0 aliphatic carbocycles. The molecular weight excluding hydrogens is 300 g/mol. The average Bonchev–Trinajstić information content (AvgIpc) is 2.62. The summed E-state index contributed by atoms with van der Waals surface area (Å²) in [5.74, 6) is 0.948. The van der Waals surface area contributed by atoms with Crippen LogP contribution in [0.5, 0.6) is 5.75 Å². The summed E-state index contributed by atoms with van der Waals surface area (Å²) in [5.41, 5.74) is 3.57. The highest BCUT2D eigenvalue weighted by Crippen LogP contribution is 2.23. The molecule has 2 heterocycles. The van der Waals surface area contributed by atoms with E-state index in [4.69, 9.17) is 9.47 Å². The van der Waals surface area contributed by atoms with Gasteiger partial charge < -0.3 is 9.47 Å². The Morgan fingerprint density at radius 2 is 2.00 bits per heavy atom. The van der Waals surface area contributed by atoms with E-state index in [2.05, 4.69) is 65.2 Å². The van der Waals surface area contributed by atoms with Gasteiger partial charge in [0.05, 0.1) is 20.3 Å². The Kier molecular flexibility index (Phi) is 5.62. The number of methoxy groups -OCH3 is 1. The van der Waals surface area contributed by atoms with Crippen LogP contribution in [-0.2, 0) is 18.3 Å². The number of pyridine rings is 1. The standard InChI is InChI=1S/C20H25N2O2/c1-21-10-4-3-5-19(21)8-6-17-7-9-20(23-2)18(15-17)16-22-11-13-24-14-12-22/h3-10,15H,11-14,16H2,1-2H3/q+1/b8-6+. The largest absolute Gasteiger partial charge is 0.496 e. The minimum atomic E-state index is 0.812. The number of hydrogen-bond donors (Lipinski definition) is 0. The molecule has 0 spiro atoms. The van der Waals surface area contributed by atoms with Crippen LogP contribution in [0, 0.1) is 0 Å². The van der Waals surface area contributed by atoms with Gasteiger partial charge in [-0.05, 0) is 29.8 Å². The normalized spacial score (nSPS) is 15.8. The second-order valence-electron chi connectivity index (χ2n) is 6.03. The van der Waals surface area contributed by atoms with E-state index in [1.807, 2.05) is 6.07 Å². The topological polar surface area (TPSA) is 25.6 Å². The Morgan fingerprint density at radius 3 is 2.75 bits per heavy atom. The molecule has 1 aromatic carbocycles. The van der Waals surface area contributed by atoms with Gasteiger partial charge >= 0.3 is 0 Å². The van der Waals surface area contributed by atoms with E-state index in [-0.39, 0.29) is 0 Å². The lowest BCUT2D eigenvalue weighted by molar-refractivity contribution is -0.673. The molecule has 24 heavy (non-hydrogen) atoms. The van der Waals surface area contributed by atoms with E-state index in [0.717, 1.165) is 38.6 Å². The van der Waals surface area contributed by atoms with Crippen LogP contribution >= 0.6 is 0 Å². The van der Waals surface area contributed by atoms with Crippen molar-refractivity contribution in [3.05, 3.63) is 59.4 Å². The van der Waals surface area contributed by atoms with Gasteiger partial charge in [0, 0.05) is 43.4 Å². The van der Waals surface area contributed by atoms with Crippen molar-refractivity contribution < 1.29 is 14.0 Å². The highest BCUT2D eigenvalue weighted by molar-refractivity contribution is 5.67. The molecule has 0 unspecified atom stereocenters. The van der Waals surface area contributed by atoms with E-state index in [1.165, 1.54) is 16.8 Å². The molecular formula is C20H25N2O2+. The Hall–Kier alpha value is -2.17. The van der Waals surface area contributed by atoms with E-state index in [1.54, 1.807) is 7.11 Å². The van der Waals surface area contributed by atoms with Crippen molar-refractivity contribution in [2.75, 3.05) is 33.4 Å². The van der Waals surface area contributed by atoms with E-state index in [9.17, 15) is 0 Å². The van der Waals surface area contributed by atoms with Gasteiger partial charge in [0.1, 0.15) is 12.8 Å². The highest BCUT2D eigenvalue weighted by atomic mass is 16.5. The van der Waals surface area contributed by atoms with Crippen molar-refractivity contribution in [2.45, 2.75) is 6.54 Å². The minimum absolute atomic E-state index is 0.812. The van der Waals surface area contributed by atoms with E-state index in [0.29, 0.717) is 0 Å². The summed E-state index contributed by atoms with van der Waals surface area (Å²) in [6.07, 6.45) is 6.34. The second-order valence-corrected chi connectivity index (χ2v) is 6.03. The van der Waals surface area contributed by atoms with Gasteiger partial charge in [0.15, 0.2) is 6.20 Å². The molecule has 4 heteroatoms. The number of rotatable bonds is 5. The predicted molar refractivity (Wildman–Crippen MR) is 95.6 cm³/mol. The number of ether oxygens (including phenoxy) is 2. The molecule has 1 aliphatic heterocycles. The molecule has 1 aliphatic rings. The fourth-order valence-corrected chi connectivity index (χ4v) is 2.92. The first-order valence-corrected chi connectivity index (χ1v) is 8.36. The van der Waals surface area contributed by atoms with Crippen LogP contribution in [0.25, 0.3) is 12.2 Å². The van der Waals surface area contributed by atoms with Gasteiger partial charge in [0.25, 0.3) is 0 Å². The molecule has 3 rings (SSSR count). The first-order chi connectivity index (χ1) is 11.8. The number of morpholine rings is 1. The first kappa shape index (κ1) is 16.7. The van der Waals surface area contributed by atoms with Gasteiger partial charge in [0.2, 0.25) is 5.69 Å². The zero-order chi connectivity index (χ0) is 16.8. The van der Waals surface area contributed by atoms with Crippen LogP contribution in [0.1, 0.15) is 16.8 Å². The fourth-order valence-electron chi connectivity index (χ4n) is 2.92. The van der Waals surface area contributed by atoms with Crippen molar-refractivity contribution in [3.63, 3.8) is 0 Å². The summed E-state index contributed by atoms with van der Waals surface area (Å²) in [6.45, 7) is 4.47. The Morgan fingerprint density at radius 1 is 1.17 bits per heavy atom. The molecule has 126 valence electrons. The molecule has 2 aromatic rings. The predicted octanol–water partition coefficient (Wildman–Crippen LogP) is 2.52. The first-order valence-electron chi connectivity index (χ1n) is 8.36. The molecule has 0 saturated carbocycles. The molecule has 1 fully saturated rings. The van der Waals surface area contributed by atoms with Crippen molar-refractivity contribution in [1.29, 1.82) is 0 Å². The number of aromatic nitrogens is 1. The van der Waals surface area contributed by atoms with Gasteiger partial charge in [-0.2, -0.15) is 0 Å². The van der Waals surface area contributed by atoms with Crippen molar-refractivity contribution in [3.8, 4) is 5.75 Å². The summed E-state index contributed by atoms with van der Waals surface area (Å²) in [7, 11) is 3.79. The number of benzene rings is 1. The highest BCUT2D eigenvalue weighted by Gasteiger charge is 2.13. The van der Waals surface area contributed by atoms with Crippen LogP contribution in [0.2, 0.25) is 0 Å². The van der Waals surface area contributed by atoms with Crippen LogP contribution in [-0.4, -0.2) is 38.3 Å². The summed E-state index contributed by atoms with van der Waals surface area (Å²) in [5, 5.41) is 0. The maximum atomic E-state index is 5.54. The third-order valence-corrected chi connectivity index (χ3v) is 4.34. The van der Waals surface area contributed by atoms with Crippen LogP contribution in [0.3, 0.4) is 0 Å². The number of aryl methyl sites for hydroxylation is 1. The van der Waals surface area contributed by atoms with Crippen LogP contribution in [0.15, 0.2) is 42.6 Å². The quantitative estimate of drug-likeness (QED) is 0.790. The zero-order valence-corrected chi connectivity index (χ0v) is 14.4. The summed E-state index contributed by atoms with van der Waals surface area (Å²) in [6, 6.07) is 12.6. The van der Waals surface area contributed by atoms with Gasteiger partial charge in [-0.25, -0.2) is 4.57 Å². The smallest absolute Gasteiger partial charge is 0.204 e. The Balaban J connectivity index is 1.79. The monoisotopic (exact) mass is 325 g/mol. The molecule has 0 amide bonds. The molecule has 1 saturated heterocycles. The maximum absolute atomic E-state index is 5.54. The summed E-state index contributed by atoms with van der Waals surface area (Å²) >= 11 is 0. The maximum Gasteiger partial charge on any atom is 0.204 e. The Bertz CT molecular complexity index is 707. The summed E-state index contributed by atoms with van der Waals surface area (Å²) < 4.78 is 13.1. The molecule has 0 radical (unpaired) electrons. The van der Waals surface area contributed by atoms with Crippen molar-refractivity contribution in [2.24, 2.45) is 7.05 Å². The van der Waals surface area contributed by atoms with Crippen LogP contribution in [0.4, 0.5) is 0 Å². The van der Waals surface area contributed by atoms with Gasteiger partial charge in [-0.15, -0.1) is 0 Å². The van der Waals surface area contributed by atoms with E-state index >= 15 is 0 Å². The van der Waals surface area contributed by atoms with Crippen molar-refractivity contribution in [1.82, 2.24) is 4.90 Å². The van der Waals surface area contributed by atoms with Crippen molar-refractivity contribution >= 4 is 12.2 Å². The Labute approximate surface area is 143 Å². The average molecular weight is 325 g/mol. The molecule has 0 N–H and O–H groups in total. The van der Waals surface area contributed by atoms with E-state index < -0.39 is 0 Å². The summed E-state index contributed by atoms with van der Waals surface area (Å²) in [4.78, 5) is 2.41. The third-order valence-electron chi connectivity index (χ3n) is 4.34. The fraction of sp³-hybridized carbons (Fsp3) is 0.350. The zero-order valence-electron chi connectivity index (χ0n) is 14.4. The number of hydrogen-bond acceptors (Lipinski definition) is 3. The van der Waals surface area contributed by atoms with Gasteiger partial charge in [-0.1, -0.05) is 6.07 Å². The third kappa shape index (κ3) is 4.22. The second kappa shape index (κ2) is 8.08. The molecule has 4 nitrogen and oxygen atoms in total. The van der Waals surface area contributed by atoms with Crippen LogP contribution < -0.4 is 9.30 Å². The minimum Gasteiger partial charge on any atom is -0.496 e. The number of nitrogens with zero attached hydrogens (tertiary/aromatic N) is 2. The molecule has 0 bridgehead atoms. The SMILES string of the molecule is COc1ccc(/C=C/c2cccc[n+]2C)cc1CN1CCOCC1.